The molecule has 2 aromatic carbocycles. The van der Waals surface area contributed by atoms with Gasteiger partial charge in [-0.2, -0.15) is 0 Å². The fraction of sp³-hybridized carbons (Fsp3) is 0. The lowest BCUT2D eigenvalue weighted by Crippen LogP contribution is -2.02. The first-order chi connectivity index (χ1) is 8.08. The van der Waals surface area contributed by atoms with Gasteiger partial charge in [0.15, 0.2) is 5.78 Å². The van der Waals surface area contributed by atoms with Gasteiger partial charge in [0.2, 0.25) is 0 Å². The van der Waals surface area contributed by atoms with Gasteiger partial charge >= 0.3 is 0 Å². The smallest absolute Gasteiger partial charge is 0.194 e. The topological polar surface area (TPSA) is 17.1 Å². The van der Waals surface area contributed by atoms with Gasteiger partial charge in [-0.3, -0.25) is 4.79 Å². The van der Waals surface area contributed by atoms with Crippen molar-refractivity contribution in [3.8, 4) is 0 Å². The summed E-state index contributed by atoms with van der Waals surface area (Å²) in [6.07, 6.45) is 0. The molecule has 0 atom stereocenters. The summed E-state index contributed by atoms with van der Waals surface area (Å²) in [5.74, 6) is -0.537. The van der Waals surface area contributed by atoms with Crippen molar-refractivity contribution >= 4 is 33.3 Å². The van der Waals surface area contributed by atoms with E-state index >= 15 is 0 Å². The van der Waals surface area contributed by atoms with E-state index in [2.05, 4.69) is 15.9 Å². The van der Waals surface area contributed by atoms with E-state index in [1.54, 1.807) is 18.2 Å². The molecule has 0 N–H and O–H groups in total. The molecule has 0 radical (unpaired) electrons. The molecule has 0 amide bonds. The van der Waals surface area contributed by atoms with Crippen molar-refractivity contribution in [2.24, 2.45) is 0 Å². The molecule has 0 aromatic heterocycles. The minimum Gasteiger partial charge on any atom is -0.289 e. The Morgan fingerprint density at radius 1 is 1.12 bits per heavy atom. The first-order valence-corrected chi connectivity index (χ1v) is 6.00. The van der Waals surface area contributed by atoms with E-state index in [0.29, 0.717) is 20.6 Å². The molecule has 0 saturated carbocycles. The highest BCUT2D eigenvalue weighted by molar-refractivity contribution is 9.10. The van der Waals surface area contributed by atoms with Gasteiger partial charge in [-0.15, -0.1) is 0 Å². The molecule has 2 rings (SSSR count). The predicted molar refractivity (Wildman–Crippen MR) is 69.0 cm³/mol. The molecule has 4 heteroatoms. The van der Waals surface area contributed by atoms with Crippen LogP contribution in [0.2, 0.25) is 5.02 Å². The third kappa shape index (κ3) is 2.73. The van der Waals surface area contributed by atoms with Crippen molar-refractivity contribution in [2.45, 2.75) is 0 Å². The summed E-state index contributed by atoms with van der Waals surface area (Å²) in [6, 6.07) is 10.4. The maximum atomic E-state index is 12.7. The normalized spacial score (nSPS) is 10.3. The Hall–Kier alpha value is -1.19. The predicted octanol–water partition coefficient (Wildman–Crippen LogP) is 4.47. The number of halogens is 3. The van der Waals surface area contributed by atoms with E-state index in [9.17, 15) is 9.18 Å². The molecule has 0 fully saturated rings. The number of ketones is 1. The average Bonchev–Trinajstić information content (AvgIpc) is 2.29. The van der Waals surface area contributed by atoms with Crippen LogP contribution in [0.3, 0.4) is 0 Å². The molecule has 0 bridgehead atoms. The van der Waals surface area contributed by atoms with Crippen molar-refractivity contribution in [1.29, 1.82) is 0 Å². The number of carbonyl (C=O) groups excluding carboxylic acids is 1. The minimum absolute atomic E-state index is 0.173. The second-order valence-electron chi connectivity index (χ2n) is 3.46. The number of hydrogen-bond donors (Lipinski definition) is 0. The van der Waals surface area contributed by atoms with E-state index < -0.39 is 0 Å². The molecule has 0 heterocycles. The summed E-state index contributed by atoms with van der Waals surface area (Å²) in [6.45, 7) is 0. The monoisotopic (exact) mass is 312 g/mol. The number of hydrogen-bond acceptors (Lipinski definition) is 1. The van der Waals surface area contributed by atoms with E-state index in [1.807, 2.05) is 0 Å². The zero-order valence-corrected chi connectivity index (χ0v) is 10.9. The van der Waals surface area contributed by atoms with Gasteiger partial charge in [-0.05, 0) is 58.4 Å². The molecule has 0 spiro atoms. The SMILES string of the molecule is O=C(c1ccc(F)cc1)c1ccc(Cl)cc1Br. The third-order valence-corrected chi connectivity index (χ3v) is 3.17. The Labute approximate surface area is 111 Å². The van der Waals surface area contributed by atoms with E-state index in [-0.39, 0.29) is 11.6 Å². The Morgan fingerprint density at radius 3 is 2.35 bits per heavy atom. The van der Waals surface area contributed by atoms with Crippen LogP contribution in [0, 0.1) is 5.82 Å². The zero-order chi connectivity index (χ0) is 12.4. The molecule has 86 valence electrons. The van der Waals surface area contributed by atoms with Crippen molar-refractivity contribution in [3.05, 3.63) is 68.9 Å². The summed E-state index contributed by atoms with van der Waals surface area (Å²) in [5.41, 5.74) is 0.940. The second kappa shape index (κ2) is 4.98. The minimum atomic E-state index is -0.364. The zero-order valence-electron chi connectivity index (χ0n) is 8.58. The maximum Gasteiger partial charge on any atom is 0.194 e. The van der Waals surface area contributed by atoms with Crippen LogP contribution in [-0.4, -0.2) is 5.78 Å². The fourth-order valence-corrected chi connectivity index (χ4v) is 2.29. The van der Waals surface area contributed by atoms with Gasteiger partial charge in [0.05, 0.1) is 0 Å². The van der Waals surface area contributed by atoms with Crippen molar-refractivity contribution < 1.29 is 9.18 Å². The second-order valence-corrected chi connectivity index (χ2v) is 4.75. The van der Waals surface area contributed by atoms with Crippen LogP contribution >= 0.6 is 27.5 Å². The van der Waals surface area contributed by atoms with E-state index in [0.717, 1.165) is 0 Å². The van der Waals surface area contributed by atoms with Crippen LogP contribution in [0.5, 0.6) is 0 Å². The van der Waals surface area contributed by atoms with Gasteiger partial charge in [0.25, 0.3) is 0 Å². The Morgan fingerprint density at radius 2 is 1.76 bits per heavy atom. The quantitative estimate of drug-likeness (QED) is 0.748. The van der Waals surface area contributed by atoms with E-state index in [1.165, 1.54) is 24.3 Å². The van der Waals surface area contributed by atoms with Crippen molar-refractivity contribution in [1.82, 2.24) is 0 Å². The van der Waals surface area contributed by atoms with Gasteiger partial charge in [-0.1, -0.05) is 11.6 Å². The fourth-order valence-electron chi connectivity index (χ4n) is 1.43. The molecular formula is C13H7BrClFO. The first-order valence-electron chi connectivity index (χ1n) is 4.83. The van der Waals surface area contributed by atoms with Crippen LogP contribution in [0.25, 0.3) is 0 Å². The van der Waals surface area contributed by atoms with Crippen LogP contribution in [0.15, 0.2) is 46.9 Å². The largest absolute Gasteiger partial charge is 0.289 e. The summed E-state index contributed by atoms with van der Waals surface area (Å²) >= 11 is 9.08. The summed E-state index contributed by atoms with van der Waals surface area (Å²) in [7, 11) is 0. The van der Waals surface area contributed by atoms with Gasteiger partial charge in [-0.25, -0.2) is 4.39 Å². The summed E-state index contributed by atoms with van der Waals surface area (Å²) < 4.78 is 13.4. The van der Waals surface area contributed by atoms with Gasteiger partial charge in [0.1, 0.15) is 5.82 Å². The van der Waals surface area contributed by atoms with Gasteiger partial charge < -0.3 is 0 Å². The first kappa shape index (κ1) is 12.3. The molecule has 0 aliphatic carbocycles. The van der Waals surface area contributed by atoms with Crippen LogP contribution < -0.4 is 0 Å². The van der Waals surface area contributed by atoms with Crippen LogP contribution in [0.1, 0.15) is 15.9 Å². The number of rotatable bonds is 2. The average molecular weight is 314 g/mol. The maximum absolute atomic E-state index is 12.7. The Kier molecular flexibility index (Phi) is 3.60. The Balaban J connectivity index is 2.40. The van der Waals surface area contributed by atoms with Crippen LogP contribution in [-0.2, 0) is 0 Å². The molecule has 17 heavy (non-hydrogen) atoms. The number of carbonyl (C=O) groups is 1. The standard InChI is InChI=1S/C13H7BrClFO/c14-12-7-9(15)3-6-11(12)13(17)8-1-4-10(16)5-2-8/h1-7H. The molecule has 0 aliphatic heterocycles. The lowest BCUT2D eigenvalue weighted by molar-refractivity contribution is 0.103. The highest BCUT2D eigenvalue weighted by Gasteiger charge is 2.12. The van der Waals surface area contributed by atoms with E-state index in [4.69, 9.17) is 11.6 Å². The molecule has 1 nitrogen and oxygen atoms in total. The number of benzene rings is 2. The van der Waals surface area contributed by atoms with Crippen LogP contribution in [0.4, 0.5) is 4.39 Å². The summed E-state index contributed by atoms with van der Waals surface area (Å²) in [5, 5.41) is 0.549. The molecule has 0 saturated heterocycles. The highest BCUT2D eigenvalue weighted by Crippen LogP contribution is 2.24. The lowest BCUT2D eigenvalue weighted by atomic mass is 10.0. The molecular weight excluding hydrogens is 306 g/mol. The Bertz CT molecular complexity index is 566. The van der Waals surface area contributed by atoms with Crippen molar-refractivity contribution in [2.75, 3.05) is 0 Å². The van der Waals surface area contributed by atoms with Crippen molar-refractivity contribution in [3.63, 3.8) is 0 Å². The molecule has 0 aliphatic rings. The molecule has 2 aromatic rings. The van der Waals surface area contributed by atoms with Gasteiger partial charge in [0, 0.05) is 20.6 Å². The third-order valence-electron chi connectivity index (χ3n) is 2.28. The molecule has 0 unspecified atom stereocenters. The lowest BCUT2D eigenvalue weighted by Gasteiger charge is -2.04. The summed E-state index contributed by atoms with van der Waals surface area (Å²) in [4.78, 5) is 12.1. The highest BCUT2D eigenvalue weighted by atomic mass is 79.9.